The normalized spacial score (nSPS) is 21.1. The van der Waals surface area contributed by atoms with E-state index < -0.39 is 0 Å². The third kappa shape index (κ3) is 3.72. The van der Waals surface area contributed by atoms with Gasteiger partial charge in [-0.2, -0.15) is 10.5 Å². The van der Waals surface area contributed by atoms with Gasteiger partial charge in [-0.25, -0.2) is 4.98 Å². The number of nitrogen functional groups attached to an aromatic ring is 1. The van der Waals surface area contributed by atoms with Crippen molar-refractivity contribution in [1.29, 1.82) is 10.5 Å². The van der Waals surface area contributed by atoms with Gasteiger partial charge in [0.2, 0.25) is 0 Å². The first-order chi connectivity index (χ1) is 16.5. The summed E-state index contributed by atoms with van der Waals surface area (Å²) in [4.78, 5) is 24.5. The molecule has 1 aliphatic carbocycles. The number of ether oxygens (including phenoxy) is 1. The fourth-order valence-electron chi connectivity index (χ4n) is 5.13. The molecule has 1 aromatic carbocycles. The Morgan fingerprint density at radius 3 is 2.85 bits per heavy atom. The Morgan fingerprint density at radius 1 is 1.26 bits per heavy atom. The summed E-state index contributed by atoms with van der Waals surface area (Å²) in [5.74, 6) is 0.0865. The molecule has 0 bridgehead atoms. The first-order valence-electron chi connectivity index (χ1n) is 11.4. The molecular weight excluding hydrogens is 428 g/mol. The van der Waals surface area contributed by atoms with Crippen LogP contribution in [0.3, 0.4) is 0 Å². The highest BCUT2D eigenvalue weighted by atomic mass is 16.5. The number of amides is 1. The lowest BCUT2D eigenvalue weighted by Crippen LogP contribution is -2.41. The van der Waals surface area contributed by atoms with Crippen molar-refractivity contribution in [2.45, 2.75) is 51.5 Å². The van der Waals surface area contributed by atoms with Gasteiger partial charge in [0.1, 0.15) is 11.9 Å². The van der Waals surface area contributed by atoms with E-state index in [-0.39, 0.29) is 30.5 Å². The zero-order chi connectivity index (χ0) is 23.8. The number of carbonyl (C=O) groups is 1. The van der Waals surface area contributed by atoms with Crippen molar-refractivity contribution >= 4 is 22.6 Å². The van der Waals surface area contributed by atoms with Crippen molar-refractivity contribution in [1.82, 2.24) is 14.9 Å². The molecule has 1 amide bonds. The van der Waals surface area contributed by atoms with Gasteiger partial charge >= 0.3 is 0 Å². The van der Waals surface area contributed by atoms with Crippen LogP contribution in [0, 0.1) is 28.6 Å². The maximum absolute atomic E-state index is 13.9. The van der Waals surface area contributed by atoms with Crippen LogP contribution in [-0.2, 0) is 17.9 Å². The molecule has 1 fully saturated rings. The van der Waals surface area contributed by atoms with Crippen LogP contribution in [0.15, 0.2) is 36.5 Å². The van der Waals surface area contributed by atoms with E-state index in [2.05, 4.69) is 22.1 Å². The van der Waals surface area contributed by atoms with Crippen molar-refractivity contribution in [3.8, 4) is 12.1 Å². The number of nitriles is 2. The van der Waals surface area contributed by atoms with Gasteiger partial charge in [0.25, 0.3) is 5.91 Å². The maximum atomic E-state index is 13.9. The Bertz CT molecular complexity index is 1350. The van der Waals surface area contributed by atoms with E-state index in [9.17, 15) is 10.1 Å². The van der Waals surface area contributed by atoms with E-state index in [0.29, 0.717) is 29.2 Å². The molecule has 2 N–H and O–H groups in total. The van der Waals surface area contributed by atoms with Crippen molar-refractivity contribution in [3.63, 3.8) is 0 Å². The molecule has 3 aromatic rings. The fraction of sp³-hybridized carbons (Fsp3) is 0.346. The number of aromatic nitrogens is 2. The number of fused-ring (bicyclic) bond motifs is 3. The molecule has 1 aliphatic heterocycles. The molecular formula is C26H24N6O2. The molecule has 34 heavy (non-hydrogen) atoms. The molecule has 170 valence electrons. The van der Waals surface area contributed by atoms with Crippen molar-refractivity contribution < 1.29 is 9.53 Å². The number of pyridine rings is 2. The van der Waals surface area contributed by atoms with Gasteiger partial charge in [0.05, 0.1) is 48.0 Å². The Labute approximate surface area is 197 Å². The number of nitrogens with zero attached hydrogens (tertiary/aromatic N) is 5. The minimum absolute atomic E-state index is 0.139. The van der Waals surface area contributed by atoms with Crippen LogP contribution in [0.4, 0.5) is 5.82 Å². The zero-order valence-electron chi connectivity index (χ0n) is 18.9. The van der Waals surface area contributed by atoms with Crippen molar-refractivity contribution in [2.24, 2.45) is 5.92 Å². The summed E-state index contributed by atoms with van der Waals surface area (Å²) in [7, 11) is 0. The minimum atomic E-state index is -0.220. The van der Waals surface area contributed by atoms with Crippen LogP contribution in [0.25, 0.3) is 10.9 Å². The van der Waals surface area contributed by atoms with Crippen LogP contribution in [0.2, 0.25) is 0 Å². The van der Waals surface area contributed by atoms with E-state index in [1.54, 1.807) is 23.1 Å². The van der Waals surface area contributed by atoms with Gasteiger partial charge in [0, 0.05) is 28.8 Å². The highest BCUT2D eigenvalue weighted by molar-refractivity contribution is 5.99. The van der Waals surface area contributed by atoms with Gasteiger partial charge in [0.15, 0.2) is 0 Å². The Morgan fingerprint density at radius 2 is 2.12 bits per heavy atom. The monoisotopic (exact) mass is 452 g/mol. The third-order valence-corrected chi connectivity index (χ3v) is 6.89. The molecule has 8 heteroatoms. The van der Waals surface area contributed by atoms with Crippen molar-refractivity contribution in [2.75, 3.05) is 5.73 Å². The smallest absolute Gasteiger partial charge is 0.254 e. The Kier molecular flexibility index (Phi) is 5.61. The second kappa shape index (κ2) is 8.74. The highest BCUT2D eigenvalue weighted by Crippen LogP contribution is 2.38. The quantitative estimate of drug-likeness (QED) is 0.633. The van der Waals surface area contributed by atoms with Crippen LogP contribution < -0.4 is 5.73 Å². The number of hydrogen-bond acceptors (Lipinski definition) is 7. The van der Waals surface area contributed by atoms with E-state index in [0.717, 1.165) is 41.3 Å². The first-order valence-corrected chi connectivity index (χ1v) is 11.4. The second-order valence-electron chi connectivity index (χ2n) is 8.89. The fourth-order valence-corrected chi connectivity index (χ4v) is 5.13. The second-order valence-corrected chi connectivity index (χ2v) is 8.89. The van der Waals surface area contributed by atoms with Crippen LogP contribution in [0.5, 0.6) is 0 Å². The van der Waals surface area contributed by atoms with E-state index >= 15 is 0 Å². The number of carbonyl (C=O) groups excluding carboxylic acids is 1. The van der Waals surface area contributed by atoms with Crippen LogP contribution in [-0.4, -0.2) is 26.8 Å². The number of anilines is 1. The minimum Gasteiger partial charge on any atom is -0.383 e. The summed E-state index contributed by atoms with van der Waals surface area (Å²) >= 11 is 0. The molecule has 3 unspecified atom stereocenters. The lowest BCUT2D eigenvalue weighted by Gasteiger charge is -2.31. The predicted octanol–water partition coefficient (Wildman–Crippen LogP) is 4.01. The molecule has 1 saturated carbocycles. The van der Waals surface area contributed by atoms with E-state index in [4.69, 9.17) is 15.7 Å². The SMILES string of the molecule is CC1OCc2c1c(N)nc1ccc(C(=O)N(Cc3ccc(C#N)cn3)C3CCCC3C#N)cc21. The largest absolute Gasteiger partial charge is 0.383 e. The van der Waals surface area contributed by atoms with Gasteiger partial charge in [-0.1, -0.05) is 0 Å². The number of hydrogen-bond donors (Lipinski definition) is 1. The molecule has 2 aliphatic rings. The van der Waals surface area contributed by atoms with E-state index in [1.807, 2.05) is 19.1 Å². The number of nitrogens with two attached hydrogens (primary N) is 1. The number of rotatable bonds is 4. The maximum Gasteiger partial charge on any atom is 0.254 e. The Balaban J connectivity index is 1.54. The molecule has 3 heterocycles. The molecule has 3 atom stereocenters. The Hall–Kier alpha value is -4.01. The van der Waals surface area contributed by atoms with E-state index in [1.165, 1.54) is 6.20 Å². The summed E-state index contributed by atoms with van der Waals surface area (Å²) in [6.45, 7) is 2.64. The summed E-state index contributed by atoms with van der Waals surface area (Å²) in [6.07, 6.45) is 3.81. The summed E-state index contributed by atoms with van der Waals surface area (Å²) in [5, 5.41) is 19.6. The van der Waals surface area contributed by atoms with Crippen LogP contribution in [0.1, 0.15) is 65.0 Å². The lowest BCUT2D eigenvalue weighted by molar-refractivity contribution is 0.0636. The lowest BCUT2D eigenvalue weighted by atomic mass is 9.98. The van der Waals surface area contributed by atoms with Gasteiger partial charge in [-0.3, -0.25) is 9.78 Å². The molecule has 0 radical (unpaired) electrons. The van der Waals surface area contributed by atoms with Gasteiger partial charge < -0.3 is 15.4 Å². The highest BCUT2D eigenvalue weighted by Gasteiger charge is 2.36. The summed E-state index contributed by atoms with van der Waals surface area (Å²) in [5.41, 5.74) is 10.4. The van der Waals surface area contributed by atoms with Gasteiger partial charge in [-0.15, -0.1) is 0 Å². The first kappa shape index (κ1) is 21.8. The third-order valence-electron chi connectivity index (χ3n) is 6.89. The molecule has 0 saturated heterocycles. The standard InChI is InChI=1S/C26H24N6O2/c1-15-24-21(14-34-15)20-9-17(6-8-22(20)31-25(24)29)26(33)32(23-4-2-3-18(23)11-28)13-19-7-5-16(10-27)12-30-19/h5-9,12,15,18,23H,2-4,13-14H2,1H3,(H2,29,31). The number of benzene rings is 1. The van der Waals surface area contributed by atoms with Crippen LogP contribution >= 0.6 is 0 Å². The predicted molar refractivity (Wildman–Crippen MR) is 125 cm³/mol. The molecule has 5 rings (SSSR count). The summed E-state index contributed by atoms with van der Waals surface area (Å²) < 4.78 is 5.79. The molecule has 8 nitrogen and oxygen atoms in total. The average Bonchev–Trinajstić information content (AvgIpc) is 3.49. The molecule has 0 spiro atoms. The van der Waals surface area contributed by atoms with Gasteiger partial charge in [-0.05, 0) is 62.1 Å². The topological polar surface area (TPSA) is 129 Å². The summed E-state index contributed by atoms with van der Waals surface area (Å²) in [6, 6.07) is 13.1. The molecule has 2 aromatic heterocycles. The van der Waals surface area contributed by atoms with Crippen molar-refractivity contribution in [3.05, 3.63) is 64.5 Å². The average molecular weight is 453 g/mol. The zero-order valence-corrected chi connectivity index (χ0v) is 18.9.